The minimum absolute atomic E-state index is 0.0706. The Bertz CT molecular complexity index is 1120. The van der Waals surface area contributed by atoms with E-state index in [4.69, 9.17) is 4.52 Å². The standard InChI is InChI=1S/C24H23F3N4O2/c25-24(26,27)19-9-5-4-8-17(19)21-29-22(33-30-21)16-10-12-31(13-11-16)23(32)28-20-14-18(20)15-6-2-1-3-7-15/h1-9,16,18,20H,10-14H2,(H,28,32)/t18-,20+/m0/s1. The number of rotatable bonds is 4. The van der Waals surface area contributed by atoms with Gasteiger partial charge in [0.25, 0.3) is 0 Å². The van der Waals surface area contributed by atoms with Crippen LogP contribution < -0.4 is 5.32 Å². The molecule has 0 radical (unpaired) electrons. The first-order chi connectivity index (χ1) is 15.9. The zero-order valence-corrected chi connectivity index (χ0v) is 17.8. The fourth-order valence-corrected chi connectivity index (χ4v) is 4.44. The third-order valence-electron chi connectivity index (χ3n) is 6.37. The number of likely N-dealkylation sites (tertiary alicyclic amines) is 1. The zero-order chi connectivity index (χ0) is 23.0. The number of amides is 2. The van der Waals surface area contributed by atoms with Crippen molar-refractivity contribution in [2.24, 2.45) is 0 Å². The molecular weight excluding hydrogens is 433 g/mol. The molecule has 1 saturated heterocycles. The van der Waals surface area contributed by atoms with Crippen molar-refractivity contribution >= 4 is 6.03 Å². The summed E-state index contributed by atoms with van der Waals surface area (Å²) in [4.78, 5) is 18.7. The van der Waals surface area contributed by atoms with Gasteiger partial charge in [-0.1, -0.05) is 53.7 Å². The van der Waals surface area contributed by atoms with Gasteiger partial charge < -0.3 is 14.7 Å². The number of halogens is 3. The van der Waals surface area contributed by atoms with E-state index < -0.39 is 11.7 Å². The number of hydrogen-bond donors (Lipinski definition) is 1. The molecule has 5 rings (SSSR count). The van der Waals surface area contributed by atoms with Gasteiger partial charge >= 0.3 is 12.2 Å². The highest BCUT2D eigenvalue weighted by molar-refractivity contribution is 5.75. The number of carbonyl (C=O) groups is 1. The van der Waals surface area contributed by atoms with Gasteiger partial charge in [-0.15, -0.1) is 0 Å². The summed E-state index contributed by atoms with van der Waals surface area (Å²) in [5.41, 5.74) is 0.341. The molecular formula is C24H23F3N4O2. The van der Waals surface area contributed by atoms with Gasteiger partial charge in [0.15, 0.2) is 0 Å². The number of alkyl halides is 3. The second kappa shape index (κ2) is 8.53. The fraction of sp³-hybridized carbons (Fsp3) is 0.375. The molecule has 0 unspecified atom stereocenters. The van der Waals surface area contributed by atoms with E-state index in [1.54, 1.807) is 4.90 Å². The molecule has 3 aromatic rings. The maximum absolute atomic E-state index is 13.3. The lowest BCUT2D eigenvalue weighted by molar-refractivity contribution is -0.137. The Balaban J connectivity index is 1.17. The lowest BCUT2D eigenvalue weighted by Gasteiger charge is -2.30. The Labute approximate surface area is 188 Å². The number of nitrogens with one attached hydrogen (secondary N) is 1. The summed E-state index contributed by atoms with van der Waals surface area (Å²) >= 11 is 0. The molecule has 1 aliphatic carbocycles. The smallest absolute Gasteiger partial charge is 0.339 e. The normalized spacial score (nSPS) is 21.1. The molecule has 1 saturated carbocycles. The van der Waals surface area contributed by atoms with E-state index in [2.05, 4.69) is 27.6 Å². The lowest BCUT2D eigenvalue weighted by Crippen LogP contribution is -2.45. The molecule has 2 fully saturated rings. The Hall–Kier alpha value is -3.36. The van der Waals surface area contributed by atoms with Gasteiger partial charge in [-0.25, -0.2) is 4.79 Å². The largest absolute Gasteiger partial charge is 0.417 e. The SMILES string of the molecule is O=C(N[C@@H]1C[C@H]1c1ccccc1)N1CCC(c2nc(-c3ccccc3C(F)(F)F)no2)CC1. The van der Waals surface area contributed by atoms with Crippen molar-refractivity contribution < 1.29 is 22.5 Å². The summed E-state index contributed by atoms with van der Waals surface area (Å²) in [5.74, 6) is 0.516. The molecule has 172 valence electrons. The predicted molar refractivity (Wildman–Crippen MR) is 114 cm³/mol. The Morgan fingerprint density at radius 3 is 2.45 bits per heavy atom. The predicted octanol–water partition coefficient (Wildman–Crippen LogP) is 5.20. The first-order valence-electron chi connectivity index (χ1n) is 11.0. The summed E-state index contributed by atoms with van der Waals surface area (Å²) in [6, 6.07) is 15.4. The summed E-state index contributed by atoms with van der Waals surface area (Å²) in [6.45, 7) is 1.05. The maximum Gasteiger partial charge on any atom is 0.417 e. The fourth-order valence-electron chi connectivity index (χ4n) is 4.44. The number of nitrogens with zero attached hydrogens (tertiary/aromatic N) is 3. The van der Waals surface area contributed by atoms with Crippen molar-refractivity contribution in [3.8, 4) is 11.4 Å². The van der Waals surface area contributed by atoms with Crippen LogP contribution in [0.4, 0.5) is 18.0 Å². The van der Waals surface area contributed by atoms with Crippen molar-refractivity contribution in [1.82, 2.24) is 20.4 Å². The minimum Gasteiger partial charge on any atom is -0.339 e. The highest BCUT2D eigenvalue weighted by Gasteiger charge is 2.40. The lowest BCUT2D eigenvalue weighted by atomic mass is 9.97. The highest BCUT2D eigenvalue weighted by atomic mass is 19.4. The van der Waals surface area contributed by atoms with Crippen LogP contribution in [0.25, 0.3) is 11.4 Å². The molecule has 2 atom stereocenters. The number of carbonyl (C=O) groups excluding carboxylic acids is 1. The second-order valence-corrected chi connectivity index (χ2v) is 8.57. The van der Waals surface area contributed by atoms with Crippen molar-refractivity contribution in [2.45, 2.75) is 43.3 Å². The van der Waals surface area contributed by atoms with Gasteiger partial charge in [-0.3, -0.25) is 0 Å². The monoisotopic (exact) mass is 456 g/mol. The minimum atomic E-state index is -4.50. The summed E-state index contributed by atoms with van der Waals surface area (Å²) in [7, 11) is 0. The second-order valence-electron chi connectivity index (χ2n) is 8.57. The average Bonchev–Trinajstić information content (AvgIpc) is 3.41. The summed E-state index contributed by atoms with van der Waals surface area (Å²) in [6.07, 6.45) is -2.33. The van der Waals surface area contributed by atoms with Crippen LogP contribution >= 0.6 is 0 Å². The molecule has 2 aliphatic rings. The average molecular weight is 456 g/mol. The molecule has 2 heterocycles. The van der Waals surface area contributed by atoms with Crippen LogP contribution in [0.1, 0.15) is 48.1 Å². The van der Waals surface area contributed by atoms with E-state index in [1.165, 1.54) is 23.8 Å². The summed E-state index contributed by atoms with van der Waals surface area (Å²) in [5, 5.41) is 6.90. The molecule has 2 aromatic carbocycles. The highest BCUT2D eigenvalue weighted by Crippen LogP contribution is 2.41. The molecule has 0 spiro atoms. The third-order valence-corrected chi connectivity index (χ3v) is 6.37. The quantitative estimate of drug-likeness (QED) is 0.586. The van der Waals surface area contributed by atoms with E-state index in [0.717, 1.165) is 12.5 Å². The van der Waals surface area contributed by atoms with Crippen LogP contribution in [-0.4, -0.2) is 40.2 Å². The number of hydrogen-bond acceptors (Lipinski definition) is 4. The Morgan fingerprint density at radius 1 is 1.03 bits per heavy atom. The van der Waals surface area contributed by atoms with Crippen LogP contribution in [0, 0.1) is 0 Å². The van der Waals surface area contributed by atoms with E-state index in [-0.39, 0.29) is 29.4 Å². The van der Waals surface area contributed by atoms with Gasteiger partial charge in [-0.05, 0) is 30.9 Å². The van der Waals surface area contributed by atoms with Crippen molar-refractivity contribution in [3.05, 3.63) is 71.6 Å². The van der Waals surface area contributed by atoms with Crippen molar-refractivity contribution in [2.75, 3.05) is 13.1 Å². The molecule has 9 heteroatoms. The zero-order valence-electron chi connectivity index (χ0n) is 17.8. The van der Waals surface area contributed by atoms with E-state index in [1.807, 2.05) is 18.2 Å². The maximum atomic E-state index is 13.3. The molecule has 1 aliphatic heterocycles. The molecule has 6 nitrogen and oxygen atoms in total. The van der Waals surface area contributed by atoms with Crippen LogP contribution in [0.15, 0.2) is 59.1 Å². The van der Waals surface area contributed by atoms with Crippen LogP contribution in [0.5, 0.6) is 0 Å². The summed E-state index contributed by atoms with van der Waals surface area (Å²) < 4.78 is 45.2. The first-order valence-corrected chi connectivity index (χ1v) is 11.0. The molecule has 0 bridgehead atoms. The van der Waals surface area contributed by atoms with Gasteiger partial charge in [0.1, 0.15) is 0 Å². The molecule has 2 amide bonds. The Kier molecular flexibility index (Phi) is 5.55. The topological polar surface area (TPSA) is 71.3 Å². The van der Waals surface area contributed by atoms with Crippen LogP contribution in [0.3, 0.4) is 0 Å². The van der Waals surface area contributed by atoms with Crippen molar-refractivity contribution in [1.29, 1.82) is 0 Å². The number of piperidine rings is 1. The van der Waals surface area contributed by atoms with E-state index in [9.17, 15) is 18.0 Å². The Morgan fingerprint density at radius 2 is 1.73 bits per heavy atom. The van der Waals surface area contributed by atoms with E-state index >= 15 is 0 Å². The van der Waals surface area contributed by atoms with Gasteiger partial charge in [0.2, 0.25) is 11.7 Å². The van der Waals surface area contributed by atoms with Gasteiger partial charge in [0, 0.05) is 36.5 Å². The van der Waals surface area contributed by atoms with Crippen LogP contribution in [-0.2, 0) is 6.18 Å². The van der Waals surface area contributed by atoms with Gasteiger partial charge in [0.05, 0.1) is 5.56 Å². The van der Waals surface area contributed by atoms with E-state index in [0.29, 0.717) is 37.7 Å². The number of aromatic nitrogens is 2. The third kappa shape index (κ3) is 4.58. The molecule has 33 heavy (non-hydrogen) atoms. The molecule has 1 aromatic heterocycles. The van der Waals surface area contributed by atoms with Gasteiger partial charge in [-0.2, -0.15) is 18.2 Å². The van der Waals surface area contributed by atoms with Crippen LogP contribution in [0.2, 0.25) is 0 Å². The molecule has 1 N–H and O–H groups in total. The number of urea groups is 1. The van der Waals surface area contributed by atoms with Crippen molar-refractivity contribution in [3.63, 3.8) is 0 Å². The first kappa shape index (κ1) is 21.5. The number of benzene rings is 2.